The highest BCUT2D eigenvalue weighted by Crippen LogP contribution is 2.22. The van der Waals surface area contributed by atoms with Gasteiger partial charge in [0.15, 0.2) is 0 Å². The van der Waals surface area contributed by atoms with Gasteiger partial charge in [0, 0.05) is 5.56 Å². The summed E-state index contributed by atoms with van der Waals surface area (Å²) in [4.78, 5) is 23.9. The Morgan fingerprint density at radius 3 is 2.23 bits per heavy atom. The number of aryl methyl sites for hydroxylation is 1. The van der Waals surface area contributed by atoms with Crippen LogP contribution in [-0.4, -0.2) is 18.4 Å². The second kappa shape index (κ2) is 8.52. The second-order valence-electron chi connectivity index (χ2n) is 7.19. The number of nitrogens with one attached hydrogen (secondary N) is 2. The zero-order valence-corrected chi connectivity index (χ0v) is 15.8. The monoisotopic (exact) mass is 354 g/mol. The standard InChI is InChI=1S/C21H26N2O3/c1-15-7-5-6-8-18(15)26-14-13-19(24)22-23-20(25)16-9-11-17(12-10-16)21(2,3)4/h5-12H,13-14H2,1-4H3,(H,22,24)(H,23,25). The van der Waals surface area contributed by atoms with Gasteiger partial charge in [-0.05, 0) is 41.7 Å². The normalized spacial score (nSPS) is 10.9. The average molecular weight is 354 g/mol. The van der Waals surface area contributed by atoms with Gasteiger partial charge in [0.05, 0.1) is 13.0 Å². The van der Waals surface area contributed by atoms with Crippen molar-refractivity contribution in [3.05, 3.63) is 65.2 Å². The minimum absolute atomic E-state index is 0.0281. The Bertz CT molecular complexity index is 762. The van der Waals surface area contributed by atoms with Gasteiger partial charge < -0.3 is 4.74 Å². The van der Waals surface area contributed by atoms with E-state index in [1.165, 1.54) is 0 Å². The number of amides is 2. The highest BCUT2D eigenvalue weighted by atomic mass is 16.5. The van der Waals surface area contributed by atoms with Gasteiger partial charge >= 0.3 is 0 Å². The summed E-state index contributed by atoms with van der Waals surface area (Å²) in [7, 11) is 0. The van der Waals surface area contributed by atoms with E-state index >= 15 is 0 Å². The number of para-hydroxylation sites is 1. The lowest BCUT2D eigenvalue weighted by molar-refractivity contribution is -0.122. The molecule has 26 heavy (non-hydrogen) atoms. The Labute approximate surface area is 154 Å². The topological polar surface area (TPSA) is 67.4 Å². The van der Waals surface area contributed by atoms with Crippen molar-refractivity contribution in [3.8, 4) is 5.75 Å². The van der Waals surface area contributed by atoms with Gasteiger partial charge in [0.1, 0.15) is 5.75 Å². The fourth-order valence-electron chi connectivity index (χ4n) is 2.35. The molecule has 0 heterocycles. The minimum atomic E-state index is -0.348. The highest BCUT2D eigenvalue weighted by molar-refractivity contribution is 5.95. The number of hydrazine groups is 1. The third-order valence-corrected chi connectivity index (χ3v) is 4.01. The Morgan fingerprint density at radius 2 is 1.62 bits per heavy atom. The predicted octanol–water partition coefficient (Wildman–Crippen LogP) is 3.52. The molecule has 2 aromatic rings. The first-order valence-electron chi connectivity index (χ1n) is 8.65. The number of benzene rings is 2. The van der Waals surface area contributed by atoms with E-state index in [0.29, 0.717) is 5.56 Å². The SMILES string of the molecule is Cc1ccccc1OCCC(=O)NNC(=O)c1ccc(C(C)(C)C)cc1. The van der Waals surface area contributed by atoms with Crippen molar-refractivity contribution in [1.82, 2.24) is 10.9 Å². The summed E-state index contributed by atoms with van der Waals surface area (Å²) in [5.74, 6) is 0.0974. The van der Waals surface area contributed by atoms with E-state index in [4.69, 9.17) is 4.74 Å². The molecule has 0 aliphatic carbocycles. The Hall–Kier alpha value is -2.82. The molecule has 0 unspecified atom stereocenters. The summed E-state index contributed by atoms with van der Waals surface area (Å²) in [6, 6.07) is 15.0. The maximum absolute atomic E-state index is 12.1. The smallest absolute Gasteiger partial charge is 0.269 e. The third kappa shape index (κ3) is 5.62. The van der Waals surface area contributed by atoms with Crippen molar-refractivity contribution in [2.45, 2.75) is 39.5 Å². The van der Waals surface area contributed by atoms with Crippen molar-refractivity contribution >= 4 is 11.8 Å². The molecule has 2 N–H and O–H groups in total. The van der Waals surface area contributed by atoms with Crippen molar-refractivity contribution in [2.24, 2.45) is 0 Å². The van der Waals surface area contributed by atoms with Crippen LogP contribution in [0.2, 0.25) is 0 Å². The van der Waals surface area contributed by atoms with Crippen LogP contribution in [0.15, 0.2) is 48.5 Å². The van der Waals surface area contributed by atoms with Crippen LogP contribution < -0.4 is 15.6 Å². The molecule has 0 bridgehead atoms. The van der Waals surface area contributed by atoms with Crippen LogP contribution in [0.1, 0.15) is 48.7 Å². The molecule has 0 radical (unpaired) electrons. The predicted molar refractivity (Wildman–Crippen MR) is 102 cm³/mol. The molecule has 2 rings (SSSR count). The maximum Gasteiger partial charge on any atom is 0.269 e. The lowest BCUT2D eigenvalue weighted by atomic mass is 9.87. The van der Waals surface area contributed by atoms with E-state index in [1.807, 2.05) is 43.3 Å². The fourth-order valence-corrected chi connectivity index (χ4v) is 2.35. The lowest BCUT2D eigenvalue weighted by Crippen LogP contribution is -2.42. The number of carbonyl (C=O) groups is 2. The molecule has 0 atom stereocenters. The van der Waals surface area contributed by atoms with E-state index in [1.54, 1.807) is 12.1 Å². The average Bonchev–Trinajstić information content (AvgIpc) is 2.60. The van der Waals surface area contributed by atoms with Crippen LogP contribution in [0.25, 0.3) is 0 Å². The van der Waals surface area contributed by atoms with Crippen LogP contribution in [0.3, 0.4) is 0 Å². The molecular weight excluding hydrogens is 328 g/mol. The van der Waals surface area contributed by atoms with E-state index in [-0.39, 0.29) is 30.3 Å². The Balaban J connectivity index is 1.76. The summed E-state index contributed by atoms with van der Waals surface area (Å²) < 4.78 is 5.57. The molecule has 0 aromatic heterocycles. The van der Waals surface area contributed by atoms with Gasteiger partial charge in [-0.3, -0.25) is 20.4 Å². The first-order chi connectivity index (χ1) is 12.3. The summed E-state index contributed by atoms with van der Waals surface area (Å²) >= 11 is 0. The first kappa shape index (κ1) is 19.5. The molecule has 0 saturated carbocycles. The molecule has 5 heteroatoms. The van der Waals surface area contributed by atoms with E-state index in [9.17, 15) is 9.59 Å². The number of ether oxygens (including phenoxy) is 1. The molecule has 0 spiro atoms. The van der Waals surface area contributed by atoms with Crippen LogP contribution in [-0.2, 0) is 10.2 Å². The Kier molecular flexibility index (Phi) is 6.39. The van der Waals surface area contributed by atoms with Gasteiger partial charge in [0.25, 0.3) is 5.91 Å². The van der Waals surface area contributed by atoms with Gasteiger partial charge in [-0.2, -0.15) is 0 Å². The molecular formula is C21H26N2O3. The van der Waals surface area contributed by atoms with E-state index < -0.39 is 0 Å². The third-order valence-electron chi connectivity index (χ3n) is 4.01. The molecule has 0 aliphatic rings. The van der Waals surface area contributed by atoms with Crippen molar-refractivity contribution < 1.29 is 14.3 Å². The molecule has 138 valence electrons. The molecule has 0 aliphatic heterocycles. The molecule has 5 nitrogen and oxygen atoms in total. The highest BCUT2D eigenvalue weighted by Gasteiger charge is 2.14. The maximum atomic E-state index is 12.1. The lowest BCUT2D eigenvalue weighted by Gasteiger charge is -2.19. The minimum Gasteiger partial charge on any atom is -0.493 e. The summed E-state index contributed by atoms with van der Waals surface area (Å²) in [5.41, 5.74) is 7.51. The number of carbonyl (C=O) groups excluding carboxylic acids is 2. The van der Waals surface area contributed by atoms with Crippen LogP contribution in [0.5, 0.6) is 5.75 Å². The van der Waals surface area contributed by atoms with Crippen molar-refractivity contribution in [3.63, 3.8) is 0 Å². The van der Waals surface area contributed by atoms with Gasteiger partial charge in [0.2, 0.25) is 5.91 Å². The molecule has 0 fully saturated rings. The quantitative estimate of drug-likeness (QED) is 0.807. The van der Waals surface area contributed by atoms with Crippen molar-refractivity contribution in [2.75, 3.05) is 6.61 Å². The largest absolute Gasteiger partial charge is 0.493 e. The summed E-state index contributed by atoms with van der Waals surface area (Å²) in [6.45, 7) is 8.53. The first-order valence-corrected chi connectivity index (χ1v) is 8.65. The Morgan fingerprint density at radius 1 is 0.962 bits per heavy atom. The van der Waals surface area contributed by atoms with Crippen molar-refractivity contribution in [1.29, 1.82) is 0 Å². The molecule has 0 saturated heterocycles. The zero-order chi connectivity index (χ0) is 19.2. The van der Waals surface area contributed by atoms with E-state index in [2.05, 4.69) is 31.6 Å². The van der Waals surface area contributed by atoms with Crippen LogP contribution in [0.4, 0.5) is 0 Å². The van der Waals surface area contributed by atoms with Crippen LogP contribution >= 0.6 is 0 Å². The molecule has 2 aromatic carbocycles. The molecule has 2 amide bonds. The second-order valence-corrected chi connectivity index (χ2v) is 7.19. The fraction of sp³-hybridized carbons (Fsp3) is 0.333. The summed E-state index contributed by atoms with van der Waals surface area (Å²) in [6.07, 6.45) is 0.150. The summed E-state index contributed by atoms with van der Waals surface area (Å²) in [5, 5.41) is 0. The number of hydrogen-bond donors (Lipinski definition) is 2. The van der Waals surface area contributed by atoms with Gasteiger partial charge in [-0.15, -0.1) is 0 Å². The van der Waals surface area contributed by atoms with E-state index in [0.717, 1.165) is 16.9 Å². The number of rotatable bonds is 5. The number of hydrogen-bond acceptors (Lipinski definition) is 3. The zero-order valence-electron chi connectivity index (χ0n) is 15.8. The van der Waals surface area contributed by atoms with Gasteiger partial charge in [-0.1, -0.05) is 51.1 Å². The van der Waals surface area contributed by atoms with Gasteiger partial charge in [-0.25, -0.2) is 0 Å². The van der Waals surface area contributed by atoms with Crippen LogP contribution in [0, 0.1) is 6.92 Å².